The van der Waals surface area contributed by atoms with Crippen LogP contribution in [0, 0.1) is 0 Å². The van der Waals surface area contributed by atoms with Crippen LogP contribution in [0.3, 0.4) is 0 Å². The maximum atomic E-state index is 9.83. The summed E-state index contributed by atoms with van der Waals surface area (Å²) in [4.78, 5) is 0. The van der Waals surface area contributed by atoms with E-state index in [0.29, 0.717) is 11.6 Å². The second-order valence-electron chi connectivity index (χ2n) is 4.35. The summed E-state index contributed by atoms with van der Waals surface area (Å²) in [5, 5.41) is 31.7. The number of aliphatic hydroxyl groups excluding tert-OH is 2. The Hall–Kier alpha value is -0.650. The Balaban J connectivity index is 2.40. The highest BCUT2D eigenvalue weighted by Crippen LogP contribution is 2.15. The average Bonchev–Trinajstić information content (AvgIpc) is 2.29. The summed E-state index contributed by atoms with van der Waals surface area (Å²) >= 11 is 5.74. The van der Waals surface area contributed by atoms with Crippen molar-refractivity contribution >= 4 is 11.6 Å². The van der Waals surface area contributed by atoms with E-state index >= 15 is 0 Å². The van der Waals surface area contributed by atoms with Gasteiger partial charge in [-0.1, -0.05) is 23.7 Å². The first-order chi connectivity index (χ1) is 7.94. The molecule has 0 aliphatic rings. The highest BCUT2D eigenvalue weighted by molar-refractivity contribution is 6.30. The molecule has 0 saturated carbocycles. The molecule has 96 valence electrons. The van der Waals surface area contributed by atoms with Gasteiger partial charge in [-0.05, 0) is 24.6 Å². The highest BCUT2D eigenvalue weighted by atomic mass is 35.5. The molecule has 2 unspecified atom stereocenters. The molecule has 2 atom stereocenters. The van der Waals surface area contributed by atoms with Crippen LogP contribution in [0.25, 0.3) is 0 Å². The third-order valence-corrected chi connectivity index (χ3v) is 2.69. The lowest BCUT2D eigenvalue weighted by Crippen LogP contribution is -2.42. The van der Waals surface area contributed by atoms with Crippen molar-refractivity contribution in [3.63, 3.8) is 0 Å². The van der Waals surface area contributed by atoms with E-state index in [1.807, 2.05) is 0 Å². The molecule has 0 aromatic heterocycles. The fourth-order valence-electron chi connectivity index (χ4n) is 1.34. The van der Waals surface area contributed by atoms with Gasteiger partial charge in [0.2, 0.25) is 0 Å². The summed E-state index contributed by atoms with van der Waals surface area (Å²) < 4.78 is 0. The van der Waals surface area contributed by atoms with Crippen LogP contribution in [0.2, 0.25) is 5.02 Å². The van der Waals surface area contributed by atoms with Gasteiger partial charge in [0.15, 0.2) is 0 Å². The van der Waals surface area contributed by atoms with E-state index < -0.39 is 11.7 Å². The minimum absolute atomic E-state index is 0.216. The Kier molecular flexibility index (Phi) is 5.36. The Morgan fingerprint density at radius 3 is 2.47 bits per heavy atom. The zero-order valence-electron chi connectivity index (χ0n) is 9.73. The number of hydrogen-bond donors (Lipinski definition) is 4. The third kappa shape index (κ3) is 5.02. The van der Waals surface area contributed by atoms with E-state index in [-0.39, 0.29) is 13.2 Å². The standard InChI is InChI=1S/C12H18ClNO3/c1-12(17,8-15)7-14-6-11(16)9-2-4-10(13)5-3-9/h2-5,11,14-17H,6-8H2,1H3. The first kappa shape index (κ1) is 14.4. The van der Waals surface area contributed by atoms with Gasteiger partial charge in [0.05, 0.1) is 18.3 Å². The molecule has 4 nitrogen and oxygen atoms in total. The molecule has 4 N–H and O–H groups in total. The second kappa shape index (κ2) is 6.33. The summed E-state index contributed by atoms with van der Waals surface area (Å²) in [6.07, 6.45) is -0.665. The van der Waals surface area contributed by atoms with Crippen LogP contribution in [0.5, 0.6) is 0 Å². The third-order valence-electron chi connectivity index (χ3n) is 2.44. The fraction of sp³-hybridized carbons (Fsp3) is 0.500. The minimum atomic E-state index is -1.17. The molecule has 0 aliphatic heterocycles. The monoisotopic (exact) mass is 259 g/mol. The van der Waals surface area contributed by atoms with Gasteiger partial charge in [0.25, 0.3) is 0 Å². The molecule has 17 heavy (non-hydrogen) atoms. The van der Waals surface area contributed by atoms with Crippen molar-refractivity contribution in [3.8, 4) is 0 Å². The number of benzene rings is 1. The van der Waals surface area contributed by atoms with Crippen molar-refractivity contribution in [2.45, 2.75) is 18.6 Å². The van der Waals surface area contributed by atoms with Crippen molar-refractivity contribution in [3.05, 3.63) is 34.9 Å². The van der Waals surface area contributed by atoms with E-state index in [2.05, 4.69) is 5.32 Å². The normalized spacial score (nSPS) is 16.5. The number of nitrogens with one attached hydrogen (secondary N) is 1. The predicted octanol–water partition coefficient (Wildman–Crippen LogP) is 0.706. The van der Waals surface area contributed by atoms with Crippen LogP contribution in [-0.4, -0.2) is 40.6 Å². The number of rotatable bonds is 6. The maximum Gasteiger partial charge on any atom is 0.0972 e. The maximum absolute atomic E-state index is 9.83. The Morgan fingerprint density at radius 1 is 1.35 bits per heavy atom. The molecule has 0 heterocycles. The van der Waals surface area contributed by atoms with Crippen LogP contribution in [0.1, 0.15) is 18.6 Å². The van der Waals surface area contributed by atoms with Crippen molar-refractivity contribution in [1.29, 1.82) is 0 Å². The van der Waals surface area contributed by atoms with E-state index in [9.17, 15) is 10.2 Å². The summed E-state index contributed by atoms with van der Waals surface area (Å²) in [5.74, 6) is 0. The number of hydrogen-bond acceptors (Lipinski definition) is 4. The van der Waals surface area contributed by atoms with Crippen molar-refractivity contribution < 1.29 is 15.3 Å². The van der Waals surface area contributed by atoms with Crippen LogP contribution in [0.15, 0.2) is 24.3 Å². The fourth-order valence-corrected chi connectivity index (χ4v) is 1.46. The molecule has 0 spiro atoms. The smallest absolute Gasteiger partial charge is 0.0972 e. The van der Waals surface area contributed by atoms with Crippen molar-refractivity contribution in [2.24, 2.45) is 0 Å². The molecule has 0 aliphatic carbocycles. The molecule has 0 bridgehead atoms. The molecule has 1 aromatic rings. The zero-order valence-corrected chi connectivity index (χ0v) is 10.5. The van der Waals surface area contributed by atoms with Crippen LogP contribution < -0.4 is 5.32 Å². The van der Waals surface area contributed by atoms with E-state index in [1.54, 1.807) is 24.3 Å². The van der Waals surface area contributed by atoms with Gasteiger partial charge in [0.1, 0.15) is 0 Å². The zero-order chi connectivity index (χ0) is 12.9. The van der Waals surface area contributed by atoms with Gasteiger partial charge in [0, 0.05) is 18.1 Å². The van der Waals surface area contributed by atoms with Crippen molar-refractivity contribution in [2.75, 3.05) is 19.7 Å². The van der Waals surface area contributed by atoms with Crippen LogP contribution >= 0.6 is 11.6 Å². The highest BCUT2D eigenvalue weighted by Gasteiger charge is 2.18. The molecule has 0 radical (unpaired) electrons. The molecular formula is C12H18ClNO3. The Morgan fingerprint density at radius 2 is 1.94 bits per heavy atom. The van der Waals surface area contributed by atoms with Crippen LogP contribution in [-0.2, 0) is 0 Å². The summed E-state index contributed by atoms with van der Waals surface area (Å²) in [5.41, 5.74) is -0.412. The summed E-state index contributed by atoms with van der Waals surface area (Å²) in [6.45, 7) is 1.72. The Bertz CT molecular complexity index is 340. The summed E-state index contributed by atoms with van der Waals surface area (Å²) in [6, 6.07) is 6.92. The van der Waals surface area contributed by atoms with Gasteiger partial charge in [-0.2, -0.15) is 0 Å². The Labute approximate surface area is 106 Å². The molecule has 5 heteroatoms. The van der Waals surface area contributed by atoms with Gasteiger partial charge >= 0.3 is 0 Å². The first-order valence-electron chi connectivity index (χ1n) is 5.42. The number of halogens is 1. The van der Waals surface area contributed by atoms with Gasteiger partial charge < -0.3 is 20.6 Å². The van der Waals surface area contributed by atoms with Gasteiger partial charge in [-0.15, -0.1) is 0 Å². The molecule has 0 amide bonds. The van der Waals surface area contributed by atoms with E-state index in [1.165, 1.54) is 6.92 Å². The minimum Gasteiger partial charge on any atom is -0.393 e. The molecule has 0 fully saturated rings. The topological polar surface area (TPSA) is 72.7 Å². The molecule has 1 rings (SSSR count). The lowest BCUT2D eigenvalue weighted by molar-refractivity contribution is 0.000729. The summed E-state index contributed by atoms with van der Waals surface area (Å²) in [7, 11) is 0. The lowest BCUT2D eigenvalue weighted by Gasteiger charge is -2.22. The van der Waals surface area contributed by atoms with Gasteiger partial charge in [-0.25, -0.2) is 0 Å². The molecule has 0 saturated heterocycles. The largest absolute Gasteiger partial charge is 0.393 e. The number of aliphatic hydroxyl groups is 3. The van der Waals surface area contributed by atoms with E-state index in [0.717, 1.165) is 5.56 Å². The molecular weight excluding hydrogens is 242 g/mol. The second-order valence-corrected chi connectivity index (χ2v) is 4.79. The lowest BCUT2D eigenvalue weighted by atomic mass is 10.1. The predicted molar refractivity (Wildman–Crippen MR) is 67.0 cm³/mol. The first-order valence-corrected chi connectivity index (χ1v) is 5.80. The van der Waals surface area contributed by atoms with Crippen LogP contribution in [0.4, 0.5) is 0 Å². The average molecular weight is 260 g/mol. The SMILES string of the molecule is CC(O)(CO)CNCC(O)c1ccc(Cl)cc1. The van der Waals surface area contributed by atoms with Crippen molar-refractivity contribution in [1.82, 2.24) is 5.32 Å². The quantitative estimate of drug-likeness (QED) is 0.607. The van der Waals surface area contributed by atoms with Gasteiger partial charge in [-0.3, -0.25) is 0 Å². The van der Waals surface area contributed by atoms with E-state index in [4.69, 9.17) is 16.7 Å². The molecule has 1 aromatic carbocycles.